The monoisotopic (exact) mass is 556 g/mol. The Kier molecular flexibility index (Phi) is 5.29. The highest BCUT2D eigenvalue weighted by molar-refractivity contribution is 6.99. The smallest absolute Gasteiger partial charge is 0.256 e. The fourth-order valence-electron chi connectivity index (χ4n) is 8.22. The van der Waals surface area contributed by atoms with Gasteiger partial charge in [0, 0.05) is 39.5 Å². The van der Waals surface area contributed by atoms with Crippen LogP contribution in [0.15, 0.2) is 127 Å². The van der Waals surface area contributed by atoms with Crippen LogP contribution in [0, 0.1) is 0 Å². The summed E-state index contributed by atoms with van der Waals surface area (Å²) in [7, 11) is 0. The van der Waals surface area contributed by atoms with Crippen LogP contribution >= 0.6 is 0 Å². The summed E-state index contributed by atoms with van der Waals surface area (Å²) in [5.74, 6) is 1.89. The van der Waals surface area contributed by atoms with Crippen LogP contribution in [-0.4, -0.2) is 6.71 Å². The van der Waals surface area contributed by atoms with Crippen molar-refractivity contribution < 1.29 is 4.74 Å². The minimum absolute atomic E-state index is 0.0360. The van der Waals surface area contributed by atoms with Crippen LogP contribution < -0.4 is 30.9 Å². The molecule has 0 unspecified atom stereocenters. The zero-order valence-electron chi connectivity index (χ0n) is 24.7. The molecule has 1 aliphatic carbocycles. The van der Waals surface area contributed by atoms with Crippen molar-refractivity contribution >= 4 is 51.5 Å². The van der Waals surface area contributed by atoms with Gasteiger partial charge in [-0.2, -0.15) is 0 Å². The van der Waals surface area contributed by atoms with Gasteiger partial charge in [-0.15, -0.1) is 0 Å². The normalized spacial score (nSPS) is 17.3. The van der Waals surface area contributed by atoms with Gasteiger partial charge in [-0.1, -0.05) is 80.6 Å². The Morgan fingerprint density at radius 2 is 1.35 bits per heavy atom. The van der Waals surface area contributed by atoms with Gasteiger partial charge in [-0.3, -0.25) is 0 Å². The predicted octanol–water partition coefficient (Wildman–Crippen LogP) is 8.35. The number of para-hydroxylation sites is 3. The first kappa shape index (κ1) is 24.9. The molecule has 0 spiro atoms. The molecule has 0 bridgehead atoms. The number of anilines is 5. The van der Waals surface area contributed by atoms with E-state index in [-0.39, 0.29) is 12.1 Å². The quantitative estimate of drug-likeness (QED) is 0.199. The third-order valence-electron chi connectivity index (χ3n) is 10.1. The Morgan fingerprint density at radius 1 is 0.605 bits per heavy atom. The van der Waals surface area contributed by atoms with Crippen LogP contribution in [0.4, 0.5) is 28.4 Å². The van der Waals surface area contributed by atoms with Crippen molar-refractivity contribution in [3.63, 3.8) is 0 Å². The fraction of sp³-hybridized carbons (Fsp3) is 0.179. The van der Waals surface area contributed by atoms with E-state index in [9.17, 15) is 0 Å². The first-order valence-corrected chi connectivity index (χ1v) is 15.6. The number of hydrogen-bond donors (Lipinski definition) is 0. The van der Waals surface area contributed by atoms with Crippen LogP contribution in [0.3, 0.4) is 0 Å². The lowest BCUT2D eigenvalue weighted by atomic mass is 9.34. The minimum atomic E-state index is 0.0360. The Balaban J connectivity index is 1.31. The lowest BCUT2D eigenvalue weighted by molar-refractivity contribution is 0.487. The summed E-state index contributed by atoms with van der Waals surface area (Å²) in [4.78, 5) is 5.03. The fourth-order valence-corrected chi connectivity index (χ4v) is 8.22. The highest BCUT2D eigenvalue weighted by atomic mass is 16.5. The van der Waals surface area contributed by atoms with Crippen LogP contribution in [0.25, 0.3) is 0 Å². The number of ether oxygens (including phenoxy) is 1. The van der Waals surface area contributed by atoms with Crippen LogP contribution in [0.1, 0.15) is 45.1 Å². The van der Waals surface area contributed by atoms with E-state index in [1.807, 2.05) is 0 Å². The predicted molar refractivity (Wildman–Crippen MR) is 179 cm³/mol. The molecule has 3 heterocycles. The van der Waals surface area contributed by atoms with Crippen molar-refractivity contribution in [1.82, 2.24) is 0 Å². The molecule has 4 aliphatic rings. The van der Waals surface area contributed by atoms with Crippen molar-refractivity contribution in [2.24, 2.45) is 0 Å². The van der Waals surface area contributed by atoms with Gasteiger partial charge < -0.3 is 14.5 Å². The van der Waals surface area contributed by atoms with Gasteiger partial charge in [0.25, 0.3) is 6.71 Å². The molecule has 3 nitrogen and oxygen atoms in total. The minimum Gasteiger partial charge on any atom is -0.458 e. The molecule has 5 aromatic carbocycles. The van der Waals surface area contributed by atoms with E-state index >= 15 is 0 Å². The molecule has 0 amide bonds. The summed E-state index contributed by atoms with van der Waals surface area (Å²) in [5, 5.41) is 0. The molecule has 43 heavy (non-hydrogen) atoms. The highest BCUT2D eigenvalue weighted by Crippen LogP contribution is 2.53. The molecule has 0 aromatic heterocycles. The maximum atomic E-state index is 6.52. The zero-order valence-corrected chi connectivity index (χ0v) is 24.7. The van der Waals surface area contributed by atoms with E-state index in [1.54, 1.807) is 5.57 Å². The molecule has 5 aromatic rings. The van der Waals surface area contributed by atoms with Gasteiger partial charge in [0.05, 0.1) is 0 Å². The number of hydrogen-bond acceptors (Lipinski definition) is 3. The molecule has 0 N–H and O–H groups in total. The van der Waals surface area contributed by atoms with E-state index in [2.05, 4.69) is 139 Å². The Bertz CT molecular complexity index is 1960. The highest BCUT2D eigenvalue weighted by Gasteiger charge is 2.43. The number of allylic oxidation sites excluding steroid dienone is 2. The van der Waals surface area contributed by atoms with Crippen LogP contribution in [0.5, 0.6) is 11.5 Å². The number of fused-ring (bicyclic) bond motifs is 5. The SMILES string of the molecule is CC1(C)C2=C(CCCC2)N(c2ccc3c(c2)N(c2ccccc2)c2cccc4c2B3c2ccccc2O4)c2ccccc21. The van der Waals surface area contributed by atoms with E-state index in [4.69, 9.17) is 4.74 Å². The van der Waals surface area contributed by atoms with Crippen molar-refractivity contribution in [2.75, 3.05) is 9.80 Å². The molecule has 0 radical (unpaired) electrons. The maximum Gasteiger partial charge on any atom is 0.256 e. The molecule has 3 aliphatic heterocycles. The lowest BCUT2D eigenvalue weighted by Crippen LogP contribution is -2.59. The van der Waals surface area contributed by atoms with Crippen molar-refractivity contribution in [2.45, 2.75) is 44.9 Å². The van der Waals surface area contributed by atoms with E-state index in [1.165, 1.54) is 69.7 Å². The molecule has 0 fully saturated rings. The summed E-state index contributed by atoms with van der Waals surface area (Å²) in [6.07, 6.45) is 4.80. The summed E-state index contributed by atoms with van der Waals surface area (Å²) in [6.45, 7) is 4.95. The van der Waals surface area contributed by atoms with E-state index < -0.39 is 0 Å². The second-order valence-electron chi connectivity index (χ2n) is 12.8. The van der Waals surface area contributed by atoms with Crippen molar-refractivity contribution in [3.8, 4) is 11.5 Å². The number of nitrogens with zero attached hydrogens (tertiary/aromatic N) is 2. The average Bonchev–Trinajstić information content (AvgIpc) is 3.05. The van der Waals surface area contributed by atoms with Gasteiger partial charge in [0.2, 0.25) is 0 Å². The lowest BCUT2D eigenvalue weighted by Gasteiger charge is -2.46. The van der Waals surface area contributed by atoms with Gasteiger partial charge in [0.1, 0.15) is 11.5 Å². The molecule has 0 atom stereocenters. The van der Waals surface area contributed by atoms with Crippen molar-refractivity contribution in [3.05, 3.63) is 132 Å². The number of rotatable bonds is 2. The van der Waals surface area contributed by atoms with E-state index in [0.29, 0.717) is 0 Å². The molecule has 0 saturated heterocycles. The first-order chi connectivity index (χ1) is 21.1. The van der Waals surface area contributed by atoms with E-state index in [0.717, 1.165) is 23.6 Å². The Labute approximate surface area is 254 Å². The summed E-state index contributed by atoms with van der Waals surface area (Å²) in [5.41, 5.74) is 14.5. The zero-order chi connectivity index (χ0) is 28.7. The average molecular weight is 557 g/mol. The van der Waals surface area contributed by atoms with Gasteiger partial charge >= 0.3 is 0 Å². The van der Waals surface area contributed by atoms with Crippen molar-refractivity contribution in [1.29, 1.82) is 0 Å². The Morgan fingerprint density at radius 3 is 2.26 bits per heavy atom. The maximum absolute atomic E-state index is 6.52. The molecule has 208 valence electrons. The molecular weight excluding hydrogens is 523 g/mol. The van der Waals surface area contributed by atoms with Gasteiger partial charge in [0.15, 0.2) is 0 Å². The van der Waals surface area contributed by atoms with Crippen LogP contribution in [-0.2, 0) is 5.41 Å². The first-order valence-electron chi connectivity index (χ1n) is 15.6. The van der Waals surface area contributed by atoms with Gasteiger partial charge in [-0.25, -0.2) is 0 Å². The van der Waals surface area contributed by atoms with Gasteiger partial charge in [-0.05, 0) is 102 Å². The molecule has 0 saturated carbocycles. The standard InChI is InChI=1S/C39H33BN2O/c1-39(2)28-15-6-9-18-32(28)42(33-19-10-7-16-29(33)39)27-23-24-30-35(25-27)41(26-13-4-3-5-14-26)34-20-12-22-37-38(34)40(30)31-17-8-11-21-36(31)43-37/h3-6,8-9,11-15,17-18,20-25H,7,10,16,19H2,1-2H3. The second-order valence-corrected chi connectivity index (χ2v) is 12.8. The molecule has 9 rings (SSSR count). The summed E-state index contributed by atoms with van der Waals surface area (Å²) in [6, 6.07) is 42.1. The third-order valence-corrected chi connectivity index (χ3v) is 10.1. The third kappa shape index (κ3) is 3.50. The molecule has 4 heteroatoms. The largest absolute Gasteiger partial charge is 0.458 e. The Hall–Kier alpha value is -4.70. The summed E-state index contributed by atoms with van der Waals surface area (Å²) >= 11 is 0. The molecular formula is C39H33BN2O. The number of benzene rings is 5. The second kappa shape index (κ2) is 9.15. The summed E-state index contributed by atoms with van der Waals surface area (Å²) < 4.78 is 6.52. The topological polar surface area (TPSA) is 15.7 Å². The van der Waals surface area contributed by atoms with Crippen LogP contribution in [0.2, 0.25) is 0 Å².